The summed E-state index contributed by atoms with van der Waals surface area (Å²) in [6.45, 7) is 4.53. The summed E-state index contributed by atoms with van der Waals surface area (Å²) in [4.78, 5) is 11.3. The molecule has 2 atom stereocenters. The molecule has 0 aromatic carbocycles. The largest absolute Gasteiger partial charge is 0.393 e. The SMILES string of the molecule is COCCNC(=O)C(C)CC(C)O. The van der Waals surface area contributed by atoms with Crippen LogP contribution in [0.1, 0.15) is 20.3 Å². The van der Waals surface area contributed by atoms with E-state index in [0.29, 0.717) is 19.6 Å². The number of aliphatic hydroxyl groups is 1. The average molecular weight is 189 g/mol. The number of aliphatic hydroxyl groups excluding tert-OH is 1. The number of methoxy groups -OCH3 is 1. The smallest absolute Gasteiger partial charge is 0.223 e. The molecule has 78 valence electrons. The number of ether oxygens (including phenoxy) is 1. The first-order valence-corrected chi connectivity index (χ1v) is 4.52. The Bertz CT molecular complexity index is 148. The Morgan fingerprint density at radius 1 is 1.54 bits per heavy atom. The minimum absolute atomic E-state index is 0.0297. The summed E-state index contributed by atoms with van der Waals surface area (Å²) in [6.07, 6.45) is 0.0712. The normalized spacial score (nSPS) is 15.1. The first-order chi connectivity index (χ1) is 6.07. The fraction of sp³-hybridized carbons (Fsp3) is 0.889. The van der Waals surface area contributed by atoms with Gasteiger partial charge in [0.05, 0.1) is 12.7 Å². The van der Waals surface area contributed by atoms with E-state index >= 15 is 0 Å². The number of rotatable bonds is 6. The van der Waals surface area contributed by atoms with Crippen LogP contribution in [0.15, 0.2) is 0 Å². The Hall–Kier alpha value is -0.610. The van der Waals surface area contributed by atoms with Gasteiger partial charge in [0.2, 0.25) is 5.91 Å². The summed E-state index contributed by atoms with van der Waals surface area (Å²) in [5.41, 5.74) is 0. The van der Waals surface area contributed by atoms with Crippen LogP contribution in [-0.4, -0.2) is 37.4 Å². The molecule has 4 heteroatoms. The third kappa shape index (κ3) is 6.54. The minimum atomic E-state index is -0.428. The third-order valence-corrected chi connectivity index (χ3v) is 1.75. The maximum absolute atomic E-state index is 11.3. The van der Waals surface area contributed by atoms with Gasteiger partial charge in [0.25, 0.3) is 0 Å². The fourth-order valence-electron chi connectivity index (χ4n) is 1.07. The lowest BCUT2D eigenvalue weighted by atomic mass is 10.0. The van der Waals surface area contributed by atoms with Gasteiger partial charge < -0.3 is 15.2 Å². The molecule has 0 radical (unpaired) electrons. The highest BCUT2D eigenvalue weighted by Gasteiger charge is 2.13. The monoisotopic (exact) mass is 189 g/mol. The quantitative estimate of drug-likeness (QED) is 0.585. The van der Waals surface area contributed by atoms with Crippen molar-refractivity contribution in [2.24, 2.45) is 5.92 Å². The van der Waals surface area contributed by atoms with Crippen LogP contribution in [0.5, 0.6) is 0 Å². The molecule has 0 bridgehead atoms. The summed E-state index contributed by atoms with van der Waals surface area (Å²) in [5.74, 6) is -0.171. The van der Waals surface area contributed by atoms with Gasteiger partial charge in [-0.05, 0) is 13.3 Å². The first-order valence-electron chi connectivity index (χ1n) is 4.52. The highest BCUT2D eigenvalue weighted by molar-refractivity contribution is 5.78. The number of amides is 1. The van der Waals surface area contributed by atoms with Gasteiger partial charge in [-0.25, -0.2) is 0 Å². The van der Waals surface area contributed by atoms with Gasteiger partial charge in [-0.2, -0.15) is 0 Å². The van der Waals surface area contributed by atoms with E-state index in [2.05, 4.69) is 5.32 Å². The molecule has 13 heavy (non-hydrogen) atoms. The second-order valence-electron chi connectivity index (χ2n) is 3.27. The van der Waals surface area contributed by atoms with Crippen LogP contribution in [0.25, 0.3) is 0 Å². The average Bonchev–Trinajstić information content (AvgIpc) is 2.03. The van der Waals surface area contributed by atoms with Gasteiger partial charge in [0.15, 0.2) is 0 Å². The van der Waals surface area contributed by atoms with Gasteiger partial charge in [-0.3, -0.25) is 4.79 Å². The van der Waals surface area contributed by atoms with Crippen LogP contribution < -0.4 is 5.32 Å². The van der Waals surface area contributed by atoms with Crippen LogP contribution in [0.4, 0.5) is 0 Å². The Morgan fingerprint density at radius 2 is 2.15 bits per heavy atom. The Balaban J connectivity index is 3.57. The van der Waals surface area contributed by atoms with E-state index in [9.17, 15) is 4.79 Å². The Kier molecular flexibility index (Phi) is 6.54. The lowest BCUT2D eigenvalue weighted by Crippen LogP contribution is -2.33. The maximum atomic E-state index is 11.3. The van der Waals surface area contributed by atoms with Crippen molar-refractivity contribution < 1.29 is 14.6 Å². The zero-order valence-corrected chi connectivity index (χ0v) is 8.54. The number of carbonyl (C=O) groups excluding carboxylic acids is 1. The summed E-state index contributed by atoms with van der Waals surface area (Å²) < 4.78 is 4.79. The van der Waals surface area contributed by atoms with E-state index in [1.807, 2.05) is 0 Å². The molecule has 0 aromatic heterocycles. The van der Waals surface area contributed by atoms with Crippen molar-refractivity contribution in [3.05, 3.63) is 0 Å². The molecule has 0 aliphatic carbocycles. The molecule has 0 heterocycles. The van der Waals surface area contributed by atoms with Crippen molar-refractivity contribution in [2.75, 3.05) is 20.3 Å². The molecule has 1 amide bonds. The molecule has 0 rings (SSSR count). The van der Waals surface area contributed by atoms with Gasteiger partial charge in [0.1, 0.15) is 0 Å². The highest BCUT2D eigenvalue weighted by atomic mass is 16.5. The number of carbonyl (C=O) groups is 1. The van der Waals surface area contributed by atoms with Crippen LogP contribution in [0, 0.1) is 5.92 Å². The molecule has 0 spiro atoms. The lowest BCUT2D eigenvalue weighted by molar-refractivity contribution is -0.125. The van der Waals surface area contributed by atoms with Gasteiger partial charge in [-0.1, -0.05) is 6.92 Å². The van der Waals surface area contributed by atoms with Crippen molar-refractivity contribution >= 4 is 5.91 Å². The molecule has 0 aliphatic rings. The summed E-state index contributed by atoms with van der Waals surface area (Å²) >= 11 is 0. The van der Waals surface area contributed by atoms with E-state index in [1.165, 1.54) is 0 Å². The molecule has 0 fully saturated rings. The molecular formula is C9H19NO3. The zero-order valence-electron chi connectivity index (χ0n) is 8.54. The number of hydrogen-bond donors (Lipinski definition) is 2. The molecule has 0 aliphatic heterocycles. The minimum Gasteiger partial charge on any atom is -0.393 e. The molecule has 2 unspecified atom stereocenters. The van der Waals surface area contributed by atoms with Crippen LogP contribution >= 0.6 is 0 Å². The molecule has 0 aromatic rings. The summed E-state index contributed by atoms with van der Waals surface area (Å²) in [6, 6.07) is 0. The topological polar surface area (TPSA) is 58.6 Å². The molecule has 2 N–H and O–H groups in total. The molecule has 0 saturated heterocycles. The maximum Gasteiger partial charge on any atom is 0.223 e. The zero-order chi connectivity index (χ0) is 10.3. The first kappa shape index (κ1) is 12.4. The van der Waals surface area contributed by atoms with Crippen LogP contribution in [-0.2, 0) is 9.53 Å². The summed E-state index contributed by atoms with van der Waals surface area (Å²) in [5, 5.41) is 11.8. The van der Waals surface area contributed by atoms with Crippen molar-refractivity contribution in [2.45, 2.75) is 26.4 Å². The van der Waals surface area contributed by atoms with Crippen molar-refractivity contribution in [3.63, 3.8) is 0 Å². The van der Waals surface area contributed by atoms with E-state index in [0.717, 1.165) is 0 Å². The number of hydrogen-bond acceptors (Lipinski definition) is 3. The van der Waals surface area contributed by atoms with Gasteiger partial charge >= 0.3 is 0 Å². The van der Waals surface area contributed by atoms with Crippen LogP contribution in [0.3, 0.4) is 0 Å². The molecular weight excluding hydrogens is 170 g/mol. The van der Waals surface area contributed by atoms with E-state index < -0.39 is 6.10 Å². The van der Waals surface area contributed by atoms with E-state index in [1.54, 1.807) is 21.0 Å². The second-order valence-corrected chi connectivity index (χ2v) is 3.27. The summed E-state index contributed by atoms with van der Waals surface area (Å²) in [7, 11) is 1.59. The van der Waals surface area contributed by atoms with Gasteiger partial charge in [-0.15, -0.1) is 0 Å². The van der Waals surface area contributed by atoms with Crippen LogP contribution in [0.2, 0.25) is 0 Å². The lowest BCUT2D eigenvalue weighted by Gasteiger charge is -2.13. The third-order valence-electron chi connectivity index (χ3n) is 1.75. The predicted molar refractivity (Wildman–Crippen MR) is 50.3 cm³/mol. The Morgan fingerprint density at radius 3 is 2.62 bits per heavy atom. The molecule has 4 nitrogen and oxygen atoms in total. The van der Waals surface area contributed by atoms with Gasteiger partial charge in [0, 0.05) is 19.6 Å². The van der Waals surface area contributed by atoms with Crippen molar-refractivity contribution in [3.8, 4) is 0 Å². The molecule has 0 saturated carbocycles. The van der Waals surface area contributed by atoms with Crippen molar-refractivity contribution in [1.29, 1.82) is 0 Å². The Labute approximate surface area is 79.3 Å². The second kappa shape index (κ2) is 6.86. The van der Waals surface area contributed by atoms with Crippen molar-refractivity contribution in [1.82, 2.24) is 5.32 Å². The van der Waals surface area contributed by atoms with E-state index in [4.69, 9.17) is 9.84 Å². The number of nitrogens with one attached hydrogen (secondary N) is 1. The van der Waals surface area contributed by atoms with E-state index in [-0.39, 0.29) is 11.8 Å². The fourth-order valence-corrected chi connectivity index (χ4v) is 1.07. The standard InChI is InChI=1S/C9H19NO3/c1-7(6-8(2)11)9(12)10-4-5-13-3/h7-8,11H,4-6H2,1-3H3,(H,10,12). The predicted octanol–water partition coefficient (Wildman–Crippen LogP) is 0.156. The highest BCUT2D eigenvalue weighted by Crippen LogP contribution is 2.04.